The third-order valence-electron chi connectivity index (χ3n) is 5.17. The number of carbonyl (C=O) groups excluding carboxylic acids is 1. The van der Waals surface area contributed by atoms with Crippen molar-refractivity contribution in [2.24, 2.45) is 0 Å². The molecule has 26 heavy (non-hydrogen) atoms. The summed E-state index contributed by atoms with van der Waals surface area (Å²) in [5.41, 5.74) is 8.35. The smallest absolute Gasteiger partial charge is 0.224 e. The maximum atomic E-state index is 12.5. The molecule has 144 valence electrons. The molecule has 0 bridgehead atoms. The zero-order valence-corrected chi connectivity index (χ0v) is 16.1. The van der Waals surface area contributed by atoms with Gasteiger partial charge in [-0.05, 0) is 25.3 Å². The van der Waals surface area contributed by atoms with Crippen LogP contribution in [0.4, 0.5) is 5.69 Å². The number of carbonyl (C=O) groups is 1. The summed E-state index contributed by atoms with van der Waals surface area (Å²) in [7, 11) is 1.73. The summed E-state index contributed by atoms with van der Waals surface area (Å²) in [6, 6.07) is 2.00. The van der Waals surface area contributed by atoms with E-state index in [0.29, 0.717) is 17.3 Å². The molecular formula is C19H28ClN3O3. The highest BCUT2D eigenvalue weighted by Crippen LogP contribution is 2.38. The number of halogens is 1. The third kappa shape index (κ3) is 4.61. The zero-order chi connectivity index (χ0) is 18.5. The molecule has 2 aliphatic rings. The van der Waals surface area contributed by atoms with Gasteiger partial charge >= 0.3 is 0 Å². The van der Waals surface area contributed by atoms with Crippen LogP contribution in [0.3, 0.4) is 0 Å². The molecule has 0 aliphatic carbocycles. The Balaban J connectivity index is 1.50. The van der Waals surface area contributed by atoms with Gasteiger partial charge in [0.05, 0.1) is 23.7 Å². The summed E-state index contributed by atoms with van der Waals surface area (Å²) < 4.78 is 10.8. The van der Waals surface area contributed by atoms with Gasteiger partial charge in [0.25, 0.3) is 0 Å². The monoisotopic (exact) mass is 381 g/mol. The van der Waals surface area contributed by atoms with Crippen molar-refractivity contribution in [2.75, 3.05) is 45.7 Å². The second-order valence-corrected chi connectivity index (χ2v) is 7.45. The summed E-state index contributed by atoms with van der Waals surface area (Å²) in [5, 5.41) is 3.66. The van der Waals surface area contributed by atoms with E-state index < -0.39 is 0 Å². The van der Waals surface area contributed by atoms with Crippen LogP contribution in [-0.2, 0) is 22.4 Å². The highest BCUT2D eigenvalue weighted by Gasteiger charge is 2.25. The number of hydrogen-bond acceptors (Lipinski definition) is 5. The minimum Gasteiger partial charge on any atom is -0.493 e. The van der Waals surface area contributed by atoms with E-state index in [1.165, 1.54) is 0 Å². The standard InChI is InChI=1S/C19H28ClN3O3/c1-25-9-2-6-23-7-3-14(4-8-23)22-17(24)12-13-11-16(20)18(21)15-5-10-26-19(13)15/h11,14H,2-10,12,21H2,1H3,(H,22,24). The first-order chi connectivity index (χ1) is 12.6. The van der Waals surface area contributed by atoms with E-state index in [2.05, 4.69) is 10.2 Å². The Morgan fingerprint density at radius 2 is 2.23 bits per heavy atom. The van der Waals surface area contributed by atoms with Crippen LogP contribution in [0.2, 0.25) is 5.02 Å². The molecule has 1 fully saturated rings. The Hall–Kier alpha value is -1.50. The van der Waals surface area contributed by atoms with Crippen LogP contribution in [-0.4, -0.2) is 56.8 Å². The second kappa shape index (κ2) is 8.93. The van der Waals surface area contributed by atoms with Gasteiger partial charge in [0.15, 0.2) is 0 Å². The van der Waals surface area contributed by atoms with Crippen molar-refractivity contribution < 1.29 is 14.3 Å². The average Bonchev–Trinajstić information content (AvgIpc) is 3.11. The fraction of sp³-hybridized carbons (Fsp3) is 0.632. The first-order valence-electron chi connectivity index (χ1n) is 9.31. The Kier molecular flexibility index (Phi) is 6.62. The molecule has 1 aromatic carbocycles. The number of nitrogen functional groups attached to an aromatic ring is 1. The molecule has 3 rings (SSSR count). The topological polar surface area (TPSA) is 76.8 Å². The first-order valence-corrected chi connectivity index (χ1v) is 9.69. The summed E-state index contributed by atoms with van der Waals surface area (Å²) in [6.07, 6.45) is 4.04. The minimum atomic E-state index is 0.0152. The fourth-order valence-electron chi connectivity index (χ4n) is 3.76. The SMILES string of the molecule is COCCCN1CCC(NC(=O)Cc2cc(Cl)c(N)c3c2OCC3)CC1. The van der Waals surface area contributed by atoms with Crippen LogP contribution >= 0.6 is 11.6 Å². The molecular weight excluding hydrogens is 354 g/mol. The molecule has 6 nitrogen and oxygen atoms in total. The van der Waals surface area contributed by atoms with Crippen LogP contribution in [0, 0.1) is 0 Å². The number of hydrogen-bond donors (Lipinski definition) is 2. The van der Waals surface area contributed by atoms with Gasteiger partial charge in [-0.1, -0.05) is 11.6 Å². The van der Waals surface area contributed by atoms with Crippen molar-refractivity contribution in [3.63, 3.8) is 0 Å². The van der Waals surface area contributed by atoms with Crippen molar-refractivity contribution in [1.82, 2.24) is 10.2 Å². The van der Waals surface area contributed by atoms with E-state index in [0.717, 1.165) is 68.8 Å². The number of ether oxygens (including phenoxy) is 2. The van der Waals surface area contributed by atoms with Gasteiger partial charge < -0.3 is 25.4 Å². The molecule has 0 saturated carbocycles. The number of benzene rings is 1. The number of rotatable bonds is 7. The molecule has 0 aromatic heterocycles. The van der Waals surface area contributed by atoms with E-state index in [1.54, 1.807) is 13.2 Å². The number of anilines is 1. The Bertz CT molecular complexity index is 645. The molecule has 7 heteroatoms. The number of amides is 1. The van der Waals surface area contributed by atoms with Crippen molar-refractivity contribution in [3.8, 4) is 5.75 Å². The largest absolute Gasteiger partial charge is 0.493 e. The van der Waals surface area contributed by atoms with Crippen molar-refractivity contribution in [1.29, 1.82) is 0 Å². The quantitative estimate of drug-likeness (QED) is 0.558. The summed E-state index contributed by atoms with van der Waals surface area (Å²) in [4.78, 5) is 14.9. The van der Waals surface area contributed by atoms with Crippen molar-refractivity contribution >= 4 is 23.2 Å². The maximum absolute atomic E-state index is 12.5. The first kappa shape index (κ1) is 19.3. The lowest BCUT2D eigenvalue weighted by atomic mass is 10.0. The van der Waals surface area contributed by atoms with Gasteiger partial charge in [-0.2, -0.15) is 0 Å². The van der Waals surface area contributed by atoms with Gasteiger partial charge in [-0.3, -0.25) is 4.79 Å². The van der Waals surface area contributed by atoms with Crippen LogP contribution in [0.1, 0.15) is 30.4 Å². The zero-order valence-electron chi connectivity index (χ0n) is 15.4. The van der Waals surface area contributed by atoms with Crippen LogP contribution in [0.15, 0.2) is 6.07 Å². The lowest BCUT2D eigenvalue weighted by Gasteiger charge is -2.32. The predicted octanol–water partition coefficient (Wildman–Crippen LogP) is 2.02. The van der Waals surface area contributed by atoms with Crippen LogP contribution < -0.4 is 15.8 Å². The number of nitrogens with two attached hydrogens (primary N) is 1. The number of nitrogens with zero attached hydrogens (tertiary/aromatic N) is 1. The predicted molar refractivity (Wildman–Crippen MR) is 103 cm³/mol. The number of likely N-dealkylation sites (tertiary alicyclic amines) is 1. The summed E-state index contributed by atoms with van der Waals surface area (Å²) >= 11 is 6.21. The number of piperidine rings is 1. The minimum absolute atomic E-state index is 0.0152. The summed E-state index contributed by atoms with van der Waals surface area (Å²) in [6.45, 7) is 4.48. The Morgan fingerprint density at radius 1 is 1.46 bits per heavy atom. The molecule has 2 heterocycles. The molecule has 0 atom stereocenters. The van der Waals surface area contributed by atoms with Gasteiger partial charge in [0.1, 0.15) is 5.75 Å². The van der Waals surface area contributed by atoms with Crippen molar-refractivity contribution in [2.45, 2.75) is 38.1 Å². The van der Waals surface area contributed by atoms with E-state index in [9.17, 15) is 4.79 Å². The Morgan fingerprint density at radius 3 is 2.96 bits per heavy atom. The normalized spacial score (nSPS) is 17.8. The van der Waals surface area contributed by atoms with Crippen LogP contribution in [0.25, 0.3) is 0 Å². The number of fused-ring (bicyclic) bond motifs is 1. The molecule has 0 unspecified atom stereocenters. The van der Waals surface area contributed by atoms with E-state index in [4.69, 9.17) is 26.8 Å². The fourth-order valence-corrected chi connectivity index (χ4v) is 4.00. The maximum Gasteiger partial charge on any atom is 0.224 e. The Labute approximate surface area is 160 Å². The van der Waals surface area contributed by atoms with Crippen LogP contribution in [0.5, 0.6) is 5.75 Å². The van der Waals surface area contributed by atoms with E-state index in [1.807, 2.05) is 0 Å². The summed E-state index contributed by atoms with van der Waals surface area (Å²) in [5.74, 6) is 0.761. The van der Waals surface area contributed by atoms with Gasteiger partial charge in [0.2, 0.25) is 5.91 Å². The van der Waals surface area contributed by atoms with Gasteiger partial charge in [0, 0.05) is 56.9 Å². The number of nitrogens with one attached hydrogen (secondary N) is 1. The lowest BCUT2D eigenvalue weighted by Crippen LogP contribution is -2.45. The lowest BCUT2D eigenvalue weighted by molar-refractivity contribution is -0.121. The average molecular weight is 382 g/mol. The number of methoxy groups -OCH3 is 1. The molecule has 1 aromatic rings. The second-order valence-electron chi connectivity index (χ2n) is 7.04. The van der Waals surface area contributed by atoms with Gasteiger partial charge in [-0.25, -0.2) is 0 Å². The molecule has 2 aliphatic heterocycles. The van der Waals surface area contributed by atoms with E-state index in [-0.39, 0.29) is 18.4 Å². The molecule has 0 radical (unpaired) electrons. The van der Waals surface area contributed by atoms with Crippen molar-refractivity contribution in [3.05, 3.63) is 22.2 Å². The third-order valence-corrected chi connectivity index (χ3v) is 5.49. The molecule has 0 spiro atoms. The highest BCUT2D eigenvalue weighted by molar-refractivity contribution is 6.33. The molecule has 1 amide bonds. The molecule has 3 N–H and O–H groups in total. The highest BCUT2D eigenvalue weighted by atomic mass is 35.5. The molecule has 1 saturated heterocycles. The van der Waals surface area contributed by atoms with Gasteiger partial charge in [-0.15, -0.1) is 0 Å². The van der Waals surface area contributed by atoms with E-state index >= 15 is 0 Å².